The largest absolute Gasteiger partial charge is 0.378 e. The van der Waals surface area contributed by atoms with Crippen LogP contribution in [0.15, 0.2) is 53.5 Å². The number of hydrogen-bond acceptors (Lipinski definition) is 4. The van der Waals surface area contributed by atoms with Gasteiger partial charge in [0.15, 0.2) is 0 Å². The highest BCUT2D eigenvalue weighted by molar-refractivity contribution is 6.10. The van der Waals surface area contributed by atoms with Gasteiger partial charge < -0.3 is 10.2 Å². The molecule has 0 radical (unpaired) electrons. The Kier molecular flexibility index (Phi) is 7.30. The molecule has 0 fully saturated rings. The number of guanidine groups is 1. The third-order valence-electron chi connectivity index (χ3n) is 5.40. The van der Waals surface area contributed by atoms with Crippen LogP contribution in [0.5, 0.6) is 0 Å². The van der Waals surface area contributed by atoms with Gasteiger partial charge in [0.1, 0.15) is 0 Å². The van der Waals surface area contributed by atoms with Crippen LogP contribution in [0.1, 0.15) is 39.8 Å². The molecule has 1 amide bonds. The molecule has 0 aliphatic carbocycles. The Morgan fingerprint density at radius 3 is 2.44 bits per heavy atom. The summed E-state index contributed by atoms with van der Waals surface area (Å²) in [6, 6.07) is 15.5. The first-order valence-corrected chi connectivity index (χ1v) is 10.8. The van der Waals surface area contributed by atoms with E-state index in [1.165, 1.54) is 0 Å². The maximum absolute atomic E-state index is 13.0. The van der Waals surface area contributed by atoms with E-state index in [2.05, 4.69) is 22.7 Å². The Balaban J connectivity index is 1.87. The quantitative estimate of drug-likeness (QED) is 0.450. The van der Waals surface area contributed by atoms with Crippen molar-refractivity contribution >= 4 is 23.2 Å². The number of aromatic nitrogens is 2. The van der Waals surface area contributed by atoms with E-state index in [1.807, 2.05) is 86.9 Å². The fraction of sp³-hybridized carbons (Fsp3) is 0.320. The Morgan fingerprint density at radius 2 is 1.81 bits per heavy atom. The molecule has 0 spiro atoms. The summed E-state index contributed by atoms with van der Waals surface area (Å²) in [6.45, 7) is 9.37. The van der Waals surface area contributed by atoms with Crippen molar-refractivity contribution in [3.05, 3.63) is 76.6 Å². The fourth-order valence-electron chi connectivity index (χ4n) is 3.42. The van der Waals surface area contributed by atoms with E-state index in [0.717, 1.165) is 40.4 Å². The molecule has 2 aromatic carbocycles. The second kappa shape index (κ2) is 10.1. The van der Waals surface area contributed by atoms with Crippen molar-refractivity contribution in [2.45, 2.75) is 40.8 Å². The highest BCUT2D eigenvalue weighted by atomic mass is 16.1. The third kappa shape index (κ3) is 5.55. The number of hydrogen-bond donors (Lipinski definition) is 2. The van der Waals surface area contributed by atoms with Crippen LogP contribution in [-0.4, -0.2) is 35.7 Å². The van der Waals surface area contributed by atoms with E-state index < -0.39 is 0 Å². The summed E-state index contributed by atoms with van der Waals surface area (Å²) in [7, 11) is 3.90. The van der Waals surface area contributed by atoms with Gasteiger partial charge in [0.2, 0.25) is 5.96 Å². The molecule has 0 aliphatic rings. The van der Waals surface area contributed by atoms with Gasteiger partial charge in [-0.1, -0.05) is 23.8 Å². The van der Waals surface area contributed by atoms with Crippen LogP contribution in [0.3, 0.4) is 0 Å². The minimum Gasteiger partial charge on any atom is -0.378 e. The molecule has 7 nitrogen and oxygen atoms in total. The normalized spacial score (nSPS) is 11.4. The molecule has 0 aliphatic heterocycles. The number of aryl methyl sites for hydroxylation is 3. The van der Waals surface area contributed by atoms with Gasteiger partial charge in [-0.15, -0.1) is 0 Å². The topological polar surface area (TPSA) is 74.5 Å². The smallest absolute Gasteiger partial charge is 0.258 e. The van der Waals surface area contributed by atoms with Crippen molar-refractivity contribution in [3.8, 4) is 0 Å². The average Bonchev–Trinajstić information content (AvgIpc) is 3.06. The predicted octanol–water partition coefficient (Wildman–Crippen LogP) is 4.29. The summed E-state index contributed by atoms with van der Waals surface area (Å²) in [5.41, 5.74) is 6.66. The molecule has 32 heavy (non-hydrogen) atoms. The number of nitrogens with one attached hydrogen (secondary N) is 2. The number of aliphatic imine (C=N–C) groups is 1. The van der Waals surface area contributed by atoms with Crippen LogP contribution < -0.4 is 15.5 Å². The Morgan fingerprint density at radius 1 is 1.09 bits per heavy atom. The molecule has 2 N–H and O–H groups in total. The first kappa shape index (κ1) is 23.1. The summed E-state index contributed by atoms with van der Waals surface area (Å²) < 4.78 is 1.97. The lowest BCUT2D eigenvalue weighted by molar-refractivity contribution is 0.0977. The molecule has 0 saturated carbocycles. The summed E-state index contributed by atoms with van der Waals surface area (Å²) >= 11 is 0. The summed E-state index contributed by atoms with van der Waals surface area (Å²) in [5.74, 6) is 0.182. The minimum atomic E-state index is -0.218. The summed E-state index contributed by atoms with van der Waals surface area (Å²) in [6.07, 6.45) is 0. The molecule has 0 atom stereocenters. The van der Waals surface area contributed by atoms with Crippen molar-refractivity contribution in [1.82, 2.24) is 15.1 Å². The molecule has 168 valence electrons. The monoisotopic (exact) mass is 432 g/mol. The average molecular weight is 433 g/mol. The van der Waals surface area contributed by atoms with Gasteiger partial charge in [-0.2, -0.15) is 5.10 Å². The summed E-state index contributed by atoms with van der Waals surface area (Å²) in [5, 5.41) is 10.8. The molecular weight excluding hydrogens is 400 g/mol. The Bertz CT molecular complexity index is 1110. The van der Waals surface area contributed by atoms with E-state index in [4.69, 9.17) is 4.99 Å². The van der Waals surface area contributed by atoms with E-state index >= 15 is 0 Å². The van der Waals surface area contributed by atoms with Crippen molar-refractivity contribution in [2.75, 3.05) is 24.3 Å². The van der Waals surface area contributed by atoms with Crippen LogP contribution in [-0.2, 0) is 13.1 Å². The second-order valence-electron chi connectivity index (χ2n) is 8.02. The first-order chi connectivity index (χ1) is 15.3. The molecule has 3 rings (SSSR count). The van der Waals surface area contributed by atoms with Crippen LogP contribution in [0, 0.1) is 20.8 Å². The molecule has 3 aromatic rings. The fourth-order valence-corrected chi connectivity index (χ4v) is 3.42. The zero-order valence-electron chi connectivity index (χ0n) is 19.7. The van der Waals surface area contributed by atoms with Crippen LogP contribution in [0.4, 0.5) is 11.4 Å². The van der Waals surface area contributed by atoms with Crippen molar-refractivity contribution in [2.24, 2.45) is 4.99 Å². The number of carbonyl (C=O) groups excluding carboxylic acids is 1. The lowest BCUT2D eigenvalue weighted by Gasteiger charge is -2.15. The highest BCUT2D eigenvalue weighted by Crippen LogP contribution is 2.16. The van der Waals surface area contributed by atoms with E-state index in [1.54, 1.807) is 6.07 Å². The van der Waals surface area contributed by atoms with E-state index in [0.29, 0.717) is 18.1 Å². The first-order valence-electron chi connectivity index (χ1n) is 10.8. The molecule has 0 unspecified atom stereocenters. The number of carbonyl (C=O) groups is 1. The molecule has 0 bridgehead atoms. The van der Waals surface area contributed by atoms with Gasteiger partial charge in [-0.05, 0) is 58.0 Å². The van der Waals surface area contributed by atoms with Crippen molar-refractivity contribution in [1.29, 1.82) is 0 Å². The zero-order valence-corrected chi connectivity index (χ0v) is 19.7. The van der Waals surface area contributed by atoms with Crippen molar-refractivity contribution < 1.29 is 4.79 Å². The van der Waals surface area contributed by atoms with Gasteiger partial charge in [0, 0.05) is 48.8 Å². The Hall–Kier alpha value is -3.61. The minimum absolute atomic E-state index is 0.218. The molecule has 0 saturated heterocycles. The van der Waals surface area contributed by atoms with Gasteiger partial charge in [-0.3, -0.25) is 14.8 Å². The SMILES string of the molecule is CCn1nc(C)c(CN=C(NC(=O)c2cccc(N(C)C)c2)Nc2ccc(C)cc2)c1C. The number of rotatable bonds is 6. The highest BCUT2D eigenvalue weighted by Gasteiger charge is 2.13. The van der Waals surface area contributed by atoms with Crippen LogP contribution >= 0.6 is 0 Å². The predicted molar refractivity (Wildman–Crippen MR) is 132 cm³/mol. The second-order valence-corrected chi connectivity index (χ2v) is 8.02. The third-order valence-corrected chi connectivity index (χ3v) is 5.40. The lowest BCUT2D eigenvalue weighted by atomic mass is 10.2. The van der Waals surface area contributed by atoms with E-state index in [9.17, 15) is 4.79 Å². The number of anilines is 2. The standard InChI is InChI=1S/C25H32N6O/c1-7-31-19(4)23(18(3)29-31)16-26-25(27-21-13-11-17(2)12-14-21)28-24(32)20-9-8-10-22(15-20)30(5)6/h8-15H,7,16H2,1-6H3,(H2,26,27,28,32). The van der Waals surface area contributed by atoms with E-state index in [-0.39, 0.29) is 5.91 Å². The summed E-state index contributed by atoms with van der Waals surface area (Å²) in [4.78, 5) is 19.7. The van der Waals surface area contributed by atoms with Gasteiger partial charge in [0.05, 0.1) is 12.2 Å². The molecular formula is C25H32N6O. The number of amides is 1. The van der Waals surface area contributed by atoms with Gasteiger partial charge in [-0.25, -0.2) is 4.99 Å². The van der Waals surface area contributed by atoms with Gasteiger partial charge in [0.25, 0.3) is 5.91 Å². The van der Waals surface area contributed by atoms with Crippen LogP contribution in [0.2, 0.25) is 0 Å². The number of benzene rings is 2. The Labute approximate surface area is 190 Å². The maximum atomic E-state index is 13.0. The lowest BCUT2D eigenvalue weighted by Crippen LogP contribution is -2.36. The van der Waals surface area contributed by atoms with Crippen molar-refractivity contribution in [3.63, 3.8) is 0 Å². The molecule has 1 heterocycles. The van der Waals surface area contributed by atoms with Crippen LogP contribution in [0.25, 0.3) is 0 Å². The maximum Gasteiger partial charge on any atom is 0.258 e. The molecule has 1 aromatic heterocycles. The number of nitrogens with zero attached hydrogens (tertiary/aromatic N) is 4. The molecule has 7 heteroatoms. The van der Waals surface area contributed by atoms with Gasteiger partial charge >= 0.3 is 0 Å². The zero-order chi connectivity index (χ0) is 23.3.